The molecule has 0 bridgehead atoms. The third kappa shape index (κ3) is 1.90. The van der Waals surface area contributed by atoms with Gasteiger partial charge in [-0.1, -0.05) is 12.1 Å². The summed E-state index contributed by atoms with van der Waals surface area (Å²) in [7, 11) is 1.70. The Morgan fingerprint density at radius 3 is 2.43 bits per heavy atom. The lowest BCUT2D eigenvalue weighted by molar-refractivity contribution is 0.414. The summed E-state index contributed by atoms with van der Waals surface area (Å²) in [6, 6.07) is 9.54. The molecule has 2 atom stereocenters. The Labute approximate surface area is 85.3 Å². The number of methoxy groups -OCH3 is 1. The average Bonchev–Trinajstić information content (AvgIpc) is 2.65. The lowest BCUT2D eigenvalue weighted by Gasteiger charge is -2.12. The molecule has 1 aliphatic heterocycles. The van der Waals surface area contributed by atoms with Crippen LogP contribution in [0, 0.1) is 0 Å². The first-order chi connectivity index (χ1) is 6.79. The van der Waals surface area contributed by atoms with E-state index in [-0.39, 0.29) is 0 Å². The van der Waals surface area contributed by atoms with Crippen LogP contribution in [0.25, 0.3) is 0 Å². The smallest absolute Gasteiger partial charge is 0.118 e. The van der Waals surface area contributed by atoms with Crippen LogP contribution in [0.4, 0.5) is 0 Å². The van der Waals surface area contributed by atoms with Crippen LogP contribution in [0.2, 0.25) is 0 Å². The first-order valence-electron chi connectivity index (χ1n) is 5.19. The Hall–Kier alpha value is -1.02. The quantitative estimate of drug-likeness (QED) is 0.775. The molecule has 1 aliphatic rings. The monoisotopic (exact) mass is 191 g/mol. The van der Waals surface area contributed by atoms with Crippen molar-refractivity contribution in [1.29, 1.82) is 0 Å². The summed E-state index contributed by atoms with van der Waals surface area (Å²) in [5, 5.41) is 3.57. The van der Waals surface area contributed by atoms with Gasteiger partial charge in [0.25, 0.3) is 0 Å². The van der Waals surface area contributed by atoms with Crippen LogP contribution >= 0.6 is 0 Å². The minimum atomic E-state index is 0.538. The average molecular weight is 191 g/mol. The third-order valence-corrected chi connectivity index (χ3v) is 2.89. The Bertz CT molecular complexity index is 294. The molecule has 76 valence electrons. The molecule has 1 aromatic carbocycles. The summed E-state index contributed by atoms with van der Waals surface area (Å²) in [6.07, 6.45) is 2.52. The lowest BCUT2D eigenvalue weighted by Crippen LogP contribution is -2.20. The zero-order valence-corrected chi connectivity index (χ0v) is 8.79. The third-order valence-electron chi connectivity index (χ3n) is 2.89. The van der Waals surface area contributed by atoms with Gasteiger partial charge in [-0.2, -0.15) is 0 Å². The first kappa shape index (κ1) is 9.53. The minimum Gasteiger partial charge on any atom is -0.497 e. The SMILES string of the molecule is COc1ccc([C@@H]2CC[C@@H](C)N2)cc1. The molecule has 0 spiro atoms. The number of hydrogen-bond donors (Lipinski definition) is 1. The second kappa shape index (κ2) is 4.01. The molecule has 14 heavy (non-hydrogen) atoms. The normalized spacial score (nSPS) is 26.4. The van der Waals surface area contributed by atoms with Gasteiger partial charge in [0.05, 0.1) is 7.11 Å². The molecule has 0 saturated carbocycles. The highest BCUT2D eigenvalue weighted by Crippen LogP contribution is 2.27. The number of rotatable bonds is 2. The van der Waals surface area contributed by atoms with Gasteiger partial charge in [0.2, 0.25) is 0 Å². The molecular weight excluding hydrogens is 174 g/mol. The van der Waals surface area contributed by atoms with Crippen molar-refractivity contribution in [3.63, 3.8) is 0 Å². The number of ether oxygens (including phenoxy) is 1. The maximum absolute atomic E-state index is 5.13. The van der Waals surface area contributed by atoms with Crippen molar-refractivity contribution in [2.24, 2.45) is 0 Å². The summed E-state index contributed by atoms with van der Waals surface area (Å²) in [6.45, 7) is 2.24. The molecule has 1 N–H and O–H groups in total. The van der Waals surface area contributed by atoms with Crippen molar-refractivity contribution in [3.05, 3.63) is 29.8 Å². The second-order valence-corrected chi connectivity index (χ2v) is 3.97. The fourth-order valence-electron chi connectivity index (χ4n) is 2.03. The van der Waals surface area contributed by atoms with Crippen molar-refractivity contribution in [1.82, 2.24) is 5.32 Å². The molecule has 1 heterocycles. The van der Waals surface area contributed by atoms with Gasteiger partial charge in [-0.3, -0.25) is 0 Å². The molecule has 0 radical (unpaired) electrons. The van der Waals surface area contributed by atoms with Gasteiger partial charge in [0, 0.05) is 12.1 Å². The standard InChI is InChI=1S/C12H17NO/c1-9-3-8-12(13-9)10-4-6-11(14-2)7-5-10/h4-7,9,12-13H,3,8H2,1-2H3/t9-,12+/m1/s1. The van der Waals surface area contributed by atoms with E-state index >= 15 is 0 Å². The van der Waals surface area contributed by atoms with E-state index in [1.54, 1.807) is 7.11 Å². The maximum Gasteiger partial charge on any atom is 0.118 e. The zero-order chi connectivity index (χ0) is 9.97. The van der Waals surface area contributed by atoms with Gasteiger partial charge >= 0.3 is 0 Å². The van der Waals surface area contributed by atoms with E-state index in [1.807, 2.05) is 12.1 Å². The van der Waals surface area contributed by atoms with Crippen molar-refractivity contribution in [2.45, 2.75) is 31.8 Å². The van der Waals surface area contributed by atoms with Crippen LogP contribution in [0.3, 0.4) is 0 Å². The van der Waals surface area contributed by atoms with E-state index < -0.39 is 0 Å². The van der Waals surface area contributed by atoms with E-state index in [9.17, 15) is 0 Å². The van der Waals surface area contributed by atoms with Gasteiger partial charge in [-0.05, 0) is 37.5 Å². The predicted octanol–water partition coefficient (Wildman–Crippen LogP) is 2.51. The van der Waals surface area contributed by atoms with Gasteiger partial charge in [0.15, 0.2) is 0 Å². The van der Waals surface area contributed by atoms with Gasteiger partial charge in [0.1, 0.15) is 5.75 Å². The molecule has 2 nitrogen and oxygen atoms in total. The Balaban J connectivity index is 2.09. The highest BCUT2D eigenvalue weighted by Gasteiger charge is 2.21. The maximum atomic E-state index is 5.13. The van der Waals surface area contributed by atoms with Gasteiger partial charge in [-0.25, -0.2) is 0 Å². The molecular formula is C12H17NO. The van der Waals surface area contributed by atoms with Crippen LogP contribution in [-0.4, -0.2) is 13.2 Å². The molecule has 2 heteroatoms. The van der Waals surface area contributed by atoms with Crippen LogP contribution < -0.4 is 10.1 Å². The highest BCUT2D eigenvalue weighted by molar-refractivity contribution is 5.29. The minimum absolute atomic E-state index is 0.538. The molecule has 1 aromatic rings. The molecule has 0 unspecified atom stereocenters. The summed E-state index contributed by atoms with van der Waals surface area (Å²) in [5.41, 5.74) is 1.37. The molecule has 2 rings (SSSR count). The van der Waals surface area contributed by atoms with Gasteiger partial charge in [-0.15, -0.1) is 0 Å². The highest BCUT2D eigenvalue weighted by atomic mass is 16.5. The van der Waals surface area contributed by atoms with Gasteiger partial charge < -0.3 is 10.1 Å². The zero-order valence-electron chi connectivity index (χ0n) is 8.79. The summed E-state index contributed by atoms with van der Waals surface area (Å²) < 4.78 is 5.13. The topological polar surface area (TPSA) is 21.3 Å². The van der Waals surface area contributed by atoms with E-state index in [0.29, 0.717) is 12.1 Å². The van der Waals surface area contributed by atoms with Crippen LogP contribution in [0.5, 0.6) is 5.75 Å². The second-order valence-electron chi connectivity index (χ2n) is 3.97. The summed E-state index contributed by atoms with van der Waals surface area (Å²) in [4.78, 5) is 0. The van der Waals surface area contributed by atoms with E-state index in [1.165, 1.54) is 18.4 Å². The Kier molecular flexibility index (Phi) is 2.73. The Morgan fingerprint density at radius 1 is 1.21 bits per heavy atom. The molecule has 1 saturated heterocycles. The fourth-order valence-corrected chi connectivity index (χ4v) is 2.03. The van der Waals surface area contributed by atoms with Crippen LogP contribution in [0.15, 0.2) is 24.3 Å². The van der Waals surface area contributed by atoms with Crippen molar-refractivity contribution < 1.29 is 4.74 Å². The lowest BCUT2D eigenvalue weighted by atomic mass is 10.1. The molecule has 0 aliphatic carbocycles. The summed E-state index contributed by atoms with van der Waals surface area (Å²) in [5.74, 6) is 0.930. The summed E-state index contributed by atoms with van der Waals surface area (Å²) >= 11 is 0. The van der Waals surface area contributed by atoms with Crippen molar-refractivity contribution >= 4 is 0 Å². The first-order valence-corrected chi connectivity index (χ1v) is 5.19. The fraction of sp³-hybridized carbons (Fsp3) is 0.500. The molecule has 0 aromatic heterocycles. The van der Waals surface area contributed by atoms with Crippen molar-refractivity contribution in [2.75, 3.05) is 7.11 Å². The van der Waals surface area contributed by atoms with E-state index in [4.69, 9.17) is 4.74 Å². The number of benzene rings is 1. The largest absolute Gasteiger partial charge is 0.497 e. The van der Waals surface area contributed by atoms with E-state index in [0.717, 1.165) is 5.75 Å². The number of nitrogens with one attached hydrogen (secondary N) is 1. The molecule has 0 amide bonds. The predicted molar refractivity (Wildman–Crippen MR) is 57.6 cm³/mol. The van der Waals surface area contributed by atoms with Crippen LogP contribution in [-0.2, 0) is 0 Å². The number of hydrogen-bond acceptors (Lipinski definition) is 2. The van der Waals surface area contributed by atoms with Crippen LogP contribution in [0.1, 0.15) is 31.4 Å². The van der Waals surface area contributed by atoms with Crippen molar-refractivity contribution in [3.8, 4) is 5.75 Å². The Morgan fingerprint density at radius 2 is 1.93 bits per heavy atom. The molecule has 1 fully saturated rings. The van der Waals surface area contributed by atoms with E-state index in [2.05, 4.69) is 24.4 Å².